The predicted molar refractivity (Wildman–Crippen MR) is 106 cm³/mol. The van der Waals surface area contributed by atoms with Crippen molar-refractivity contribution in [2.45, 2.75) is 38.5 Å². The molecule has 0 bridgehead atoms. The molecule has 1 aliphatic heterocycles. The number of rotatable bonds is 4. The lowest BCUT2D eigenvalue weighted by Crippen LogP contribution is -2.43. The lowest BCUT2D eigenvalue weighted by atomic mass is 9.61. The number of allylic oxidation sites excluding steroid dienone is 2. The Morgan fingerprint density at radius 1 is 0.962 bits per heavy atom. The van der Waals surface area contributed by atoms with E-state index >= 15 is 0 Å². The first-order chi connectivity index (χ1) is 12.8. The Kier molecular flexibility index (Phi) is 5.21. The van der Waals surface area contributed by atoms with Crippen molar-refractivity contribution in [3.05, 3.63) is 77.6 Å². The molecule has 1 atom stereocenters. The van der Waals surface area contributed by atoms with Crippen LogP contribution >= 0.6 is 0 Å². The van der Waals surface area contributed by atoms with Gasteiger partial charge in [-0.25, -0.2) is 4.39 Å². The van der Waals surface area contributed by atoms with E-state index in [1.54, 1.807) is 12.1 Å². The average molecular weight is 349 g/mol. The first kappa shape index (κ1) is 17.5. The smallest absolute Gasteiger partial charge is 0.130 e. The molecule has 0 aromatic heterocycles. The highest BCUT2D eigenvalue weighted by atomic mass is 19.1. The van der Waals surface area contributed by atoms with Gasteiger partial charge in [0, 0.05) is 5.56 Å². The second-order valence-electron chi connectivity index (χ2n) is 7.96. The van der Waals surface area contributed by atoms with Crippen LogP contribution in [-0.2, 0) is 6.42 Å². The summed E-state index contributed by atoms with van der Waals surface area (Å²) < 4.78 is 14.1. The van der Waals surface area contributed by atoms with Crippen molar-refractivity contribution in [3.63, 3.8) is 0 Å². The highest BCUT2D eigenvalue weighted by Gasteiger charge is 2.40. The Labute approximate surface area is 156 Å². The maximum absolute atomic E-state index is 14.1. The third-order valence-electron chi connectivity index (χ3n) is 6.50. The monoisotopic (exact) mass is 349 g/mol. The fourth-order valence-corrected chi connectivity index (χ4v) is 5.01. The fraction of sp³-hybridized carbons (Fsp3) is 0.417. The maximum atomic E-state index is 14.1. The highest BCUT2D eigenvalue weighted by molar-refractivity contribution is 5.66. The number of piperidine rings is 1. The van der Waals surface area contributed by atoms with E-state index in [-0.39, 0.29) is 5.82 Å². The van der Waals surface area contributed by atoms with E-state index in [0.29, 0.717) is 11.3 Å². The van der Waals surface area contributed by atoms with E-state index in [1.807, 2.05) is 12.1 Å². The molecule has 0 amide bonds. The largest absolute Gasteiger partial charge is 0.317 e. The number of benzene rings is 2. The summed E-state index contributed by atoms with van der Waals surface area (Å²) in [4.78, 5) is 0. The molecule has 1 N–H and O–H groups in total. The van der Waals surface area contributed by atoms with E-state index in [9.17, 15) is 4.39 Å². The Morgan fingerprint density at radius 2 is 1.69 bits per heavy atom. The predicted octanol–water partition coefficient (Wildman–Crippen LogP) is 5.62. The molecule has 0 spiro atoms. The molecule has 0 radical (unpaired) electrons. The van der Waals surface area contributed by atoms with Crippen molar-refractivity contribution in [3.8, 4) is 0 Å². The van der Waals surface area contributed by atoms with Crippen LogP contribution in [0.4, 0.5) is 4.39 Å². The van der Waals surface area contributed by atoms with Gasteiger partial charge in [-0.2, -0.15) is 0 Å². The summed E-state index contributed by atoms with van der Waals surface area (Å²) in [5.41, 5.74) is 3.83. The van der Waals surface area contributed by atoms with Gasteiger partial charge in [-0.05, 0) is 80.2 Å². The maximum Gasteiger partial charge on any atom is 0.130 e. The average Bonchev–Trinajstić information content (AvgIpc) is 2.70. The summed E-state index contributed by atoms with van der Waals surface area (Å²) in [6.45, 7) is 2.24. The van der Waals surface area contributed by atoms with Gasteiger partial charge in [-0.1, -0.05) is 54.6 Å². The van der Waals surface area contributed by atoms with E-state index < -0.39 is 0 Å². The minimum Gasteiger partial charge on any atom is -0.317 e. The lowest BCUT2D eigenvalue weighted by Gasteiger charge is -2.45. The summed E-state index contributed by atoms with van der Waals surface area (Å²) in [6.07, 6.45) is 9.23. The zero-order chi connectivity index (χ0) is 17.8. The molecule has 0 saturated carbocycles. The number of halogens is 1. The molecule has 2 aromatic carbocycles. The molecule has 2 aromatic rings. The van der Waals surface area contributed by atoms with Gasteiger partial charge in [0.2, 0.25) is 0 Å². The normalized spacial score (nSPS) is 22.7. The van der Waals surface area contributed by atoms with Crippen molar-refractivity contribution < 1.29 is 4.39 Å². The molecular weight excluding hydrogens is 321 g/mol. The Morgan fingerprint density at radius 3 is 2.38 bits per heavy atom. The minimum absolute atomic E-state index is 0.0851. The molecule has 26 heavy (non-hydrogen) atoms. The van der Waals surface area contributed by atoms with Gasteiger partial charge in [-0.3, -0.25) is 0 Å². The molecule has 1 heterocycles. The quantitative estimate of drug-likeness (QED) is 0.755. The van der Waals surface area contributed by atoms with Gasteiger partial charge >= 0.3 is 0 Å². The van der Waals surface area contributed by atoms with Crippen LogP contribution < -0.4 is 5.32 Å². The fourth-order valence-electron chi connectivity index (χ4n) is 5.01. The van der Waals surface area contributed by atoms with Crippen LogP contribution in [0.1, 0.15) is 43.2 Å². The van der Waals surface area contributed by atoms with Crippen LogP contribution in [0.3, 0.4) is 0 Å². The summed E-state index contributed by atoms with van der Waals surface area (Å²) in [5.74, 6) is 0.610. The van der Waals surface area contributed by atoms with Crippen LogP contribution in [0.15, 0.2) is 60.7 Å². The highest BCUT2D eigenvalue weighted by Crippen LogP contribution is 2.47. The van der Waals surface area contributed by atoms with E-state index in [1.165, 1.54) is 36.8 Å². The van der Waals surface area contributed by atoms with Gasteiger partial charge in [0.05, 0.1) is 0 Å². The van der Waals surface area contributed by atoms with E-state index in [2.05, 4.69) is 41.7 Å². The van der Waals surface area contributed by atoms with Crippen molar-refractivity contribution in [1.29, 1.82) is 0 Å². The second-order valence-corrected chi connectivity index (χ2v) is 7.96. The second kappa shape index (κ2) is 7.75. The molecular formula is C24H28FN. The molecule has 1 aliphatic carbocycles. The number of hydrogen-bond donors (Lipinski definition) is 1. The Hall–Kier alpha value is -1.93. The Bertz CT molecular complexity index is 759. The summed E-state index contributed by atoms with van der Waals surface area (Å²) in [5, 5.41) is 3.54. The number of hydrogen-bond acceptors (Lipinski definition) is 1. The van der Waals surface area contributed by atoms with Gasteiger partial charge in [-0.15, -0.1) is 0 Å². The zero-order valence-corrected chi connectivity index (χ0v) is 15.4. The van der Waals surface area contributed by atoms with Crippen LogP contribution in [-0.4, -0.2) is 13.1 Å². The van der Waals surface area contributed by atoms with Gasteiger partial charge in [0.15, 0.2) is 0 Å². The van der Waals surface area contributed by atoms with Crippen LogP contribution in [0.2, 0.25) is 0 Å². The minimum atomic E-state index is -0.0851. The van der Waals surface area contributed by atoms with Crippen molar-refractivity contribution in [1.82, 2.24) is 5.32 Å². The standard InChI is InChI=1S/C24H28FN/c25-23-9-5-4-8-22(23)20-10-12-21(13-11-20)24(14-16-26-17-15-24)18-19-6-2-1-3-7-19/h1-10,21,26H,11-18H2. The SMILES string of the molecule is Fc1ccccc1C1=CCC(C2(Cc3ccccc3)CCNCC2)CC1. The molecule has 2 heteroatoms. The molecule has 1 nitrogen and oxygen atoms in total. The summed E-state index contributed by atoms with van der Waals surface area (Å²) in [7, 11) is 0. The van der Waals surface area contributed by atoms with Gasteiger partial charge < -0.3 is 5.32 Å². The Balaban J connectivity index is 1.55. The van der Waals surface area contributed by atoms with Crippen LogP contribution in [0.25, 0.3) is 5.57 Å². The van der Waals surface area contributed by atoms with Crippen molar-refractivity contribution >= 4 is 5.57 Å². The van der Waals surface area contributed by atoms with Crippen LogP contribution in [0.5, 0.6) is 0 Å². The molecule has 2 aliphatic rings. The molecule has 1 fully saturated rings. The zero-order valence-electron chi connectivity index (χ0n) is 15.4. The van der Waals surface area contributed by atoms with Crippen molar-refractivity contribution in [2.24, 2.45) is 11.3 Å². The van der Waals surface area contributed by atoms with E-state index in [0.717, 1.165) is 31.5 Å². The molecule has 1 unspecified atom stereocenters. The topological polar surface area (TPSA) is 12.0 Å². The number of nitrogens with one attached hydrogen (secondary N) is 1. The molecule has 4 rings (SSSR count). The molecule has 136 valence electrons. The summed E-state index contributed by atoms with van der Waals surface area (Å²) in [6, 6.07) is 18.2. The van der Waals surface area contributed by atoms with Crippen LogP contribution in [0, 0.1) is 17.2 Å². The molecule has 1 saturated heterocycles. The van der Waals surface area contributed by atoms with Crippen molar-refractivity contribution in [2.75, 3.05) is 13.1 Å². The van der Waals surface area contributed by atoms with Gasteiger partial charge in [0.1, 0.15) is 5.82 Å². The third kappa shape index (κ3) is 3.61. The lowest BCUT2D eigenvalue weighted by molar-refractivity contribution is 0.0972. The first-order valence-corrected chi connectivity index (χ1v) is 9.95. The van der Waals surface area contributed by atoms with E-state index in [4.69, 9.17) is 0 Å². The first-order valence-electron chi connectivity index (χ1n) is 9.95. The van der Waals surface area contributed by atoms with Gasteiger partial charge in [0.25, 0.3) is 0 Å². The summed E-state index contributed by atoms with van der Waals surface area (Å²) >= 11 is 0. The third-order valence-corrected chi connectivity index (χ3v) is 6.50.